The maximum atomic E-state index is 12.2. The number of esters is 1. The molecule has 0 aliphatic carbocycles. The Labute approximate surface area is 121 Å². The lowest BCUT2D eigenvalue weighted by Crippen LogP contribution is -2.12. The van der Waals surface area contributed by atoms with Crippen LogP contribution < -0.4 is 4.74 Å². The molecule has 3 aromatic rings. The van der Waals surface area contributed by atoms with E-state index in [1.165, 1.54) is 4.52 Å². The van der Waals surface area contributed by atoms with E-state index in [2.05, 4.69) is 15.1 Å². The first-order chi connectivity index (χ1) is 10.1. The van der Waals surface area contributed by atoms with Gasteiger partial charge in [-0.25, -0.2) is 14.3 Å². The minimum Gasteiger partial charge on any atom is -0.420 e. The second-order valence-electron chi connectivity index (χ2n) is 4.84. The average Bonchev–Trinajstić information content (AvgIpc) is 2.88. The van der Waals surface area contributed by atoms with Gasteiger partial charge >= 0.3 is 5.97 Å². The van der Waals surface area contributed by atoms with E-state index in [0.29, 0.717) is 11.5 Å². The zero-order valence-corrected chi connectivity index (χ0v) is 12.0. The molecule has 6 heteroatoms. The molecule has 0 spiro atoms. The Kier molecular flexibility index (Phi) is 3.13. The van der Waals surface area contributed by atoms with Crippen molar-refractivity contribution in [2.45, 2.75) is 20.8 Å². The summed E-state index contributed by atoms with van der Waals surface area (Å²) in [6.07, 6.45) is 1.62. The van der Waals surface area contributed by atoms with Crippen molar-refractivity contribution in [2.24, 2.45) is 0 Å². The lowest BCUT2D eigenvalue weighted by atomic mass is 10.1. The van der Waals surface area contributed by atoms with Crippen molar-refractivity contribution in [3.05, 3.63) is 53.1 Å². The van der Waals surface area contributed by atoms with E-state index in [1.807, 2.05) is 39.0 Å². The summed E-state index contributed by atoms with van der Waals surface area (Å²) < 4.78 is 6.94. The zero-order chi connectivity index (χ0) is 15.0. The number of rotatable bonds is 2. The van der Waals surface area contributed by atoms with Crippen molar-refractivity contribution in [1.29, 1.82) is 0 Å². The molecule has 0 atom stereocenters. The number of ether oxygens (including phenoxy) is 1. The van der Waals surface area contributed by atoms with Crippen molar-refractivity contribution in [3.8, 4) is 5.75 Å². The van der Waals surface area contributed by atoms with Crippen LogP contribution >= 0.6 is 0 Å². The SMILES string of the molecule is Cc1cccc(C)c1OC(=O)c1nc2nccc(C)n2n1. The quantitative estimate of drug-likeness (QED) is 0.532. The molecule has 6 nitrogen and oxygen atoms in total. The van der Waals surface area contributed by atoms with Gasteiger partial charge in [0, 0.05) is 11.9 Å². The van der Waals surface area contributed by atoms with E-state index in [0.717, 1.165) is 16.8 Å². The van der Waals surface area contributed by atoms with Crippen LogP contribution in [0.5, 0.6) is 5.75 Å². The molecule has 106 valence electrons. The third kappa shape index (κ3) is 2.35. The van der Waals surface area contributed by atoms with Gasteiger partial charge < -0.3 is 4.74 Å². The molecule has 1 aromatic carbocycles. The maximum absolute atomic E-state index is 12.2. The smallest absolute Gasteiger partial charge is 0.383 e. The molecule has 0 saturated carbocycles. The monoisotopic (exact) mass is 282 g/mol. The third-order valence-electron chi connectivity index (χ3n) is 3.22. The summed E-state index contributed by atoms with van der Waals surface area (Å²) in [6, 6.07) is 7.48. The van der Waals surface area contributed by atoms with E-state index in [-0.39, 0.29) is 5.82 Å². The summed E-state index contributed by atoms with van der Waals surface area (Å²) in [6.45, 7) is 5.64. The number of aromatic nitrogens is 4. The second-order valence-corrected chi connectivity index (χ2v) is 4.84. The van der Waals surface area contributed by atoms with Crippen LogP contribution in [0, 0.1) is 20.8 Å². The van der Waals surface area contributed by atoms with Gasteiger partial charge in [0.2, 0.25) is 0 Å². The molecule has 0 N–H and O–H groups in total. The summed E-state index contributed by atoms with van der Waals surface area (Å²) in [5.74, 6) is 0.339. The summed E-state index contributed by atoms with van der Waals surface area (Å²) >= 11 is 0. The molecular weight excluding hydrogens is 268 g/mol. The van der Waals surface area contributed by atoms with E-state index in [1.54, 1.807) is 12.3 Å². The van der Waals surface area contributed by atoms with Crippen molar-refractivity contribution in [2.75, 3.05) is 0 Å². The maximum Gasteiger partial charge on any atom is 0.383 e. The first kappa shape index (κ1) is 13.2. The molecule has 0 aliphatic heterocycles. The Morgan fingerprint density at radius 1 is 1.14 bits per heavy atom. The van der Waals surface area contributed by atoms with Crippen LogP contribution in [-0.2, 0) is 0 Å². The van der Waals surface area contributed by atoms with Crippen LogP contribution in [0.1, 0.15) is 27.4 Å². The van der Waals surface area contributed by atoms with Gasteiger partial charge in [0.15, 0.2) is 0 Å². The van der Waals surface area contributed by atoms with Gasteiger partial charge in [-0.05, 0) is 38.0 Å². The molecule has 0 unspecified atom stereocenters. The lowest BCUT2D eigenvalue weighted by Gasteiger charge is -2.08. The van der Waals surface area contributed by atoms with Crippen molar-refractivity contribution in [1.82, 2.24) is 19.6 Å². The molecule has 21 heavy (non-hydrogen) atoms. The standard InChI is InChI=1S/C15H14N4O2/c1-9-5-4-6-10(2)12(9)21-14(20)13-17-15-16-8-7-11(3)19(15)18-13/h4-8H,1-3H3. The molecule has 0 aliphatic rings. The Bertz CT molecular complexity index is 819. The molecule has 0 amide bonds. The number of carbonyl (C=O) groups is 1. The van der Waals surface area contributed by atoms with Gasteiger partial charge in [-0.3, -0.25) is 0 Å². The number of aryl methyl sites for hydroxylation is 3. The first-order valence-corrected chi connectivity index (χ1v) is 6.53. The number of para-hydroxylation sites is 1. The van der Waals surface area contributed by atoms with Crippen LogP contribution in [0.3, 0.4) is 0 Å². The summed E-state index contributed by atoms with van der Waals surface area (Å²) in [7, 11) is 0. The highest BCUT2D eigenvalue weighted by Gasteiger charge is 2.18. The number of carbonyl (C=O) groups excluding carboxylic acids is 1. The molecule has 0 bridgehead atoms. The fourth-order valence-electron chi connectivity index (χ4n) is 2.09. The fourth-order valence-corrected chi connectivity index (χ4v) is 2.09. The highest BCUT2D eigenvalue weighted by atomic mass is 16.5. The van der Waals surface area contributed by atoms with E-state index < -0.39 is 5.97 Å². The Morgan fingerprint density at radius 3 is 2.52 bits per heavy atom. The Hall–Kier alpha value is -2.76. The number of hydrogen-bond acceptors (Lipinski definition) is 5. The fraction of sp³-hybridized carbons (Fsp3) is 0.200. The predicted molar refractivity (Wildman–Crippen MR) is 76.4 cm³/mol. The predicted octanol–water partition coefficient (Wildman–Crippen LogP) is 2.27. The molecular formula is C15H14N4O2. The highest BCUT2D eigenvalue weighted by molar-refractivity contribution is 5.87. The largest absolute Gasteiger partial charge is 0.420 e. The summed E-state index contributed by atoms with van der Waals surface area (Å²) in [5, 5.41) is 4.14. The number of nitrogens with zero attached hydrogens (tertiary/aromatic N) is 4. The van der Waals surface area contributed by atoms with Gasteiger partial charge in [0.05, 0.1) is 0 Å². The van der Waals surface area contributed by atoms with Gasteiger partial charge in [-0.2, -0.15) is 4.98 Å². The van der Waals surface area contributed by atoms with Crippen LogP contribution in [0.25, 0.3) is 5.78 Å². The van der Waals surface area contributed by atoms with Gasteiger partial charge in [0.1, 0.15) is 5.75 Å². The molecule has 0 radical (unpaired) electrons. The van der Waals surface area contributed by atoms with Crippen molar-refractivity contribution < 1.29 is 9.53 Å². The van der Waals surface area contributed by atoms with E-state index in [4.69, 9.17) is 4.74 Å². The number of hydrogen-bond donors (Lipinski definition) is 0. The minimum absolute atomic E-state index is 0.000506. The summed E-state index contributed by atoms with van der Waals surface area (Å²) in [5.41, 5.74) is 2.63. The molecule has 0 saturated heterocycles. The second kappa shape index (κ2) is 4.97. The topological polar surface area (TPSA) is 69.4 Å². The molecule has 0 fully saturated rings. The van der Waals surface area contributed by atoms with Gasteiger partial charge in [-0.15, -0.1) is 5.10 Å². The molecule has 2 heterocycles. The number of fused-ring (bicyclic) bond motifs is 1. The van der Waals surface area contributed by atoms with Gasteiger partial charge in [-0.1, -0.05) is 18.2 Å². The third-order valence-corrected chi connectivity index (χ3v) is 3.22. The first-order valence-electron chi connectivity index (χ1n) is 6.53. The Balaban J connectivity index is 1.96. The highest BCUT2D eigenvalue weighted by Crippen LogP contribution is 2.23. The number of benzene rings is 1. The van der Waals surface area contributed by atoms with Crippen molar-refractivity contribution >= 4 is 11.7 Å². The average molecular weight is 282 g/mol. The van der Waals surface area contributed by atoms with Crippen molar-refractivity contribution in [3.63, 3.8) is 0 Å². The molecule has 2 aromatic heterocycles. The van der Waals surface area contributed by atoms with Crippen LogP contribution in [0.4, 0.5) is 0 Å². The van der Waals surface area contributed by atoms with Gasteiger partial charge in [0.25, 0.3) is 11.6 Å². The van der Waals surface area contributed by atoms with Crippen LogP contribution in [0.2, 0.25) is 0 Å². The van der Waals surface area contributed by atoms with E-state index >= 15 is 0 Å². The van der Waals surface area contributed by atoms with Crippen LogP contribution in [0.15, 0.2) is 30.5 Å². The summed E-state index contributed by atoms with van der Waals surface area (Å²) in [4.78, 5) is 20.4. The van der Waals surface area contributed by atoms with E-state index in [9.17, 15) is 4.79 Å². The van der Waals surface area contributed by atoms with Crippen LogP contribution in [-0.4, -0.2) is 25.6 Å². The lowest BCUT2D eigenvalue weighted by molar-refractivity contribution is 0.0719. The Morgan fingerprint density at radius 2 is 1.86 bits per heavy atom. The molecule has 3 rings (SSSR count). The minimum atomic E-state index is -0.586. The normalized spacial score (nSPS) is 10.8. The zero-order valence-electron chi connectivity index (χ0n) is 12.0.